The highest BCUT2D eigenvalue weighted by atomic mass is 15.2. The van der Waals surface area contributed by atoms with E-state index in [1.54, 1.807) is 77.7 Å². The summed E-state index contributed by atoms with van der Waals surface area (Å²) < 4.78 is 257. The van der Waals surface area contributed by atoms with Crippen molar-refractivity contribution in [2.75, 3.05) is 29.4 Å². The Morgan fingerprint density at radius 3 is 0.821 bits per heavy atom. The van der Waals surface area contributed by atoms with Gasteiger partial charge in [-0.15, -0.1) is 0 Å². The summed E-state index contributed by atoms with van der Waals surface area (Å²) in [6, 6.07) is 13.9. The zero-order chi connectivity index (χ0) is 80.6. The third-order valence-corrected chi connectivity index (χ3v) is 15.1. The summed E-state index contributed by atoms with van der Waals surface area (Å²) in [5.74, 6) is 0. The molecular weight excluding hydrogens is 1020 g/mol. The van der Waals surface area contributed by atoms with Crippen LogP contribution in [0.4, 0.5) is 91.0 Å². The maximum absolute atomic E-state index is 9.59. The number of rotatable bonds is 18. The minimum Gasteiger partial charge on any atom is -0.365 e. The van der Waals surface area contributed by atoms with E-state index in [1.165, 1.54) is 29.2 Å². The van der Waals surface area contributed by atoms with Gasteiger partial charge in [0.15, 0.2) is 0 Å². The molecule has 2 fully saturated rings. The SMILES string of the molecule is [2H]c1cc(N(c2cc(N(c3ccccc3)c3cccc(N(c4ccccc4)c4cc(N(c5cc([2H])c([2H])c([2H])c5[2H])c5c([2H])c([2H])c([2H])c([2H])c5[2H])cc(N(C5CCCCC5)C5CCCCC5)c4)c3)cc(N(c3c([2H])c([2H])c([2H])c([2H])c3[2H])c3c([2H])c([2H])c([2H])c([2H])c3[2H])c2)c2c([2H])c([2H])c([2H])c([2H])c2[2H])c([2H])c([2H])c1[2H]. The predicted octanol–water partition coefficient (Wildman–Crippen LogP) is 22.5. The fraction of sp³-hybridized carbons (Fsp3) is 0.154. The quantitative estimate of drug-likeness (QED) is 0.0847. The summed E-state index contributed by atoms with van der Waals surface area (Å²) in [5.41, 5.74) is -1.54. The summed E-state index contributed by atoms with van der Waals surface area (Å²) in [4.78, 5) is 9.09. The lowest BCUT2D eigenvalue weighted by Gasteiger charge is -2.44. The Hall–Kier alpha value is -9.78. The Morgan fingerprint density at radius 1 is 0.214 bits per heavy atom. The van der Waals surface area contributed by atoms with Crippen molar-refractivity contribution < 1.29 is 38.4 Å². The molecule has 0 atom stereocenters. The highest BCUT2D eigenvalue weighted by Gasteiger charge is 2.32. The van der Waals surface area contributed by atoms with Crippen LogP contribution in [0, 0.1) is 0 Å². The smallest absolute Gasteiger partial charge is 0.0645 e. The molecule has 0 unspecified atom stereocenters. The van der Waals surface area contributed by atoms with Crippen molar-refractivity contribution in [3.8, 4) is 0 Å². The van der Waals surface area contributed by atoms with Crippen molar-refractivity contribution in [2.24, 2.45) is 0 Å². The van der Waals surface area contributed by atoms with E-state index in [4.69, 9.17) is 24.7 Å². The van der Waals surface area contributed by atoms with Crippen LogP contribution in [0.15, 0.2) is 303 Å². The maximum Gasteiger partial charge on any atom is 0.0645 e. The third-order valence-electron chi connectivity index (χ3n) is 15.1. The predicted molar refractivity (Wildman–Crippen MR) is 356 cm³/mol. The largest absolute Gasteiger partial charge is 0.365 e. The van der Waals surface area contributed by atoms with Crippen molar-refractivity contribution in [1.82, 2.24) is 0 Å². The van der Waals surface area contributed by atoms with E-state index in [9.17, 15) is 13.7 Å². The molecule has 2 saturated carbocycles. The van der Waals surface area contributed by atoms with Crippen molar-refractivity contribution >= 4 is 91.0 Å². The van der Waals surface area contributed by atoms with Crippen LogP contribution in [0.2, 0.25) is 0 Å². The highest BCUT2D eigenvalue weighted by molar-refractivity contribution is 5.92. The number of para-hydroxylation sites is 8. The van der Waals surface area contributed by atoms with Gasteiger partial charge in [0.05, 0.1) is 66.8 Å². The summed E-state index contributed by atoms with van der Waals surface area (Å²) in [7, 11) is 0. The second-order valence-corrected chi connectivity index (χ2v) is 20.3. The van der Waals surface area contributed by atoms with Gasteiger partial charge in [0.2, 0.25) is 0 Å². The monoisotopic (exact) mass is 1120 g/mol. The first kappa shape index (κ1) is 30.5. The van der Waals surface area contributed by atoms with Gasteiger partial charge in [-0.05, 0) is 177 Å². The van der Waals surface area contributed by atoms with Crippen LogP contribution in [0.5, 0.6) is 0 Å². The van der Waals surface area contributed by atoms with Crippen LogP contribution >= 0.6 is 0 Å². The second kappa shape index (κ2) is 25.6. The molecule has 0 amide bonds. The van der Waals surface area contributed by atoms with Crippen LogP contribution in [0.25, 0.3) is 0 Å². The fourth-order valence-corrected chi connectivity index (χ4v) is 11.6. The first-order valence-corrected chi connectivity index (χ1v) is 28.0. The molecule has 0 bridgehead atoms. The van der Waals surface area contributed by atoms with Crippen molar-refractivity contribution in [3.05, 3.63) is 303 Å². The average Bonchev–Trinajstić information content (AvgIpc) is 0.837. The molecule has 0 radical (unpaired) electrons. The summed E-state index contributed by atoms with van der Waals surface area (Å²) in [6.07, 6.45) is 8.99. The Balaban J connectivity index is 1.16. The molecule has 0 spiro atoms. The van der Waals surface area contributed by atoms with Crippen LogP contribution in [-0.4, -0.2) is 12.1 Å². The van der Waals surface area contributed by atoms with Gasteiger partial charge in [0.1, 0.15) is 0 Å². The number of anilines is 16. The van der Waals surface area contributed by atoms with E-state index in [-0.39, 0.29) is 40.5 Å². The van der Waals surface area contributed by atoms with E-state index in [0.29, 0.717) is 28.4 Å². The molecule has 0 aromatic heterocycles. The molecule has 2 aliphatic rings. The lowest BCUT2D eigenvalue weighted by molar-refractivity contribution is 0.340. The normalized spacial score (nSPS) is 18.3. The standard InChI is InChI=1S/C78H72N6/c1-11-32-61(33-12-1)79(62-34-13-2-14-35-62)73-55-74(80(63-36-15-3-16-37-63)64-38-17-4-18-39-64)58-77(57-73)83(69-48-27-9-28-49-69)71-52-31-53-72(54-71)84(70-50-29-10-30-51-70)78-59-75(81(65-40-19-5-20-41-65)66-42-21-6-22-43-66)56-76(60-78)82(67-44-23-7-24-45-67)68-46-25-8-26-47-68/h1-6,9-22,27-43,48-60,67-68H,7-8,23-26,44-47H2/i1D,2D,3D,4D,5D,6D,11D,12D,13D,14D,15D,16D,17D,18D,19D,20D,21D,22D,32D,33D,34D,35D,36D,37D,38D,40D,41D,42D. The molecule has 84 heavy (non-hydrogen) atoms. The number of hydrogen-bond acceptors (Lipinski definition) is 6. The lowest BCUT2D eigenvalue weighted by Crippen LogP contribution is -2.45. The van der Waals surface area contributed by atoms with E-state index < -0.39 is 203 Å². The van der Waals surface area contributed by atoms with Gasteiger partial charge in [-0.1, -0.05) is 190 Å². The Kier molecular flexibility index (Phi) is 9.28. The first-order chi connectivity index (χ1) is 53.3. The van der Waals surface area contributed by atoms with Crippen LogP contribution in [-0.2, 0) is 0 Å². The van der Waals surface area contributed by atoms with E-state index in [1.807, 2.05) is 35.2 Å². The van der Waals surface area contributed by atoms with Gasteiger partial charge in [-0.25, -0.2) is 0 Å². The molecule has 0 N–H and O–H groups in total. The molecule has 414 valence electrons. The Labute approximate surface area is 536 Å². The maximum atomic E-state index is 9.59. The summed E-state index contributed by atoms with van der Waals surface area (Å²) in [6.45, 7) is 0. The van der Waals surface area contributed by atoms with Crippen molar-refractivity contribution in [1.29, 1.82) is 0 Å². The molecular formula is C78H72N6. The topological polar surface area (TPSA) is 19.4 Å². The Bertz CT molecular complexity index is 5360. The third kappa shape index (κ3) is 11.8. The van der Waals surface area contributed by atoms with Gasteiger partial charge < -0.3 is 29.4 Å². The van der Waals surface area contributed by atoms with Crippen LogP contribution in [0.3, 0.4) is 0 Å². The minimum absolute atomic E-state index is 0.0159. The van der Waals surface area contributed by atoms with Crippen molar-refractivity contribution in [2.45, 2.75) is 76.3 Å². The van der Waals surface area contributed by atoms with Crippen molar-refractivity contribution in [3.63, 3.8) is 0 Å². The molecule has 13 rings (SSSR count). The molecule has 6 nitrogen and oxygen atoms in total. The van der Waals surface area contributed by atoms with E-state index in [0.717, 1.165) is 80.1 Å². The minimum atomic E-state index is -0.935. The summed E-state index contributed by atoms with van der Waals surface area (Å²) >= 11 is 0. The van der Waals surface area contributed by atoms with Gasteiger partial charge in [-0.3, -0.25) is 0 Å². The van der Waals surface area contributed by atoms with E-state index >= 15 is 0 Å². The van der Waals surface area contributed by atoms with E-state index in [2.05, 4.69) is 4.90 Å². The molecule has 6 heteroatoms. The number of hydrogen-bond donors (Lipinski definition) is 0. The zero-order valence-electron chi connectivity index (χ0n) is 73.6. The average molecular weight is 1120 g/mol. The van der Waals surface area contributed by atoms with Gasteiger partial charge in [0.25, 0.3) is 0 Å². The van der Waals surface area contributed by atoms with Gasteiger partial charge in [0, 0.05) is 74.6 Å². The number of benzene rings is 11. The van der Waals surface area contributed by atoms with Crippen LogP contribution in [0.1, 0.15) is 103 Å². The van der Waals surface area contributed by atoms with Gasteiger partial charge >= 0.3 is 0 Å². The first-order valence-electron chi connectivity index (χ1n) is 42.0. The zero-order valence-corrected chi connectivity index (χ0v) is 45.6. The molecule has 11 aromatic carbocycles. The summed E-state index contributed by atoms with van der Waals surface area (Å²) in [5, 5.41) is 0. The molecule has 2 aliphatic carbocycles. The molecule has 0 aliphatic heterocycles. The highest BCUT2D eigenvalue weighted by Crippen LogP contribution is 2.49. The number of nitrogens with zero attached hydrogens (tertiary/aromatic N) is 6. The van der Waals surface area contributed by atoms with Gasteiger partial charge in [-0.2, -0.15) is 0 Å². The Morgan fingerprint density at radius 2 is 0.476 bits per heavy atom. The molecule has 11 aromatic rings. The fourth-order valence-electron chi connectivity index (χ4n) is 11.6. The molecule has 0 saturated heterocycles. The molecule has 0 heterocycles. The van der Waals surface area contributed by atoms with Crippen LogP contribution < -0.4 is 29.4 Å². The second-order valence-electron chi connectivity index (χ2n) is 20.3. The lowest BCUT2D eigenvalue weighted by atomic mass is 9.88.